The first-order valence-electron chi connectivity index (χ1n) is 7.92. The van der Waals surface area contributed by atoms with Crippen molar-refractivity contribution in [2.45, 2.75) is 57.4 Å². The van der Waals surface area contributed by atoms with Crippen molar-refractivity contribution in [1.82, 2.24) is 9.55 Å². The van der Waals surface area contributed by atoms with Crippen LogP contribution in [0.15, 0.2) is 18.2 Å². The molecule has 4 heteroatoms. The fourth-order valence-electron chi connectivity index (χ4n) is 3.58. The summed E-state index contributed by atoms with van der Waals surface area (Å²) in [6, 6.07) is 5.59. The van der Waals surface area contributed by atoms with Gasteiger partial charge in [0.05, 0.1) is 10.9 Å². The molecule has 1 aliphatic rings. The summed E-state index contributed by atoms with van der Waals surface area (Å²) in [5.74, 6) is 1.38. The predicted octanol–water partition coefficient (Wildman–Crippen LogP) is 5.62. The average Bonchev–Trinajstić information content (AvgIpc) is 2.88. The van der Waals surface area contributed by atoms with Crippen molar-refractivity contribution in [2.24, 2.45) is 5.92 Å². The molecular formula is C17H22ClFN2. The molecule has 0 amide bonds. The number of para-hydroxylation sites is 1. The minimum Gasteiger partial charge on any atom is -0.324 e. The summed E-state index contributed by atoms with van der Waals surface area (Å²) in [5.41, 5.74) is 1.34. The second-order valence-electron chi connectivity index (χ2n) is 6.15. The third kappa shape index (κ3) is 2.68. The Morgan fingerprint density at radius 2 is 2.05 bits per heavy atom. The van der Waals surface area contributed by atoms with Gasteiger partial charge in [-0.2, -0.15) is 0 Å². The van der Waals surface area contributed by atoms with E-state index in [-0.39, 0.29) is 11.2 Å². The van der Waals surface area contributed by atoms with Crippen molar-refractivity contribution >= 4 is 22.6 Å². The van der Waals surface area contributed by atoms with E-state index in [1.54, 1.807) is 6.07 Å². The zero-order valence-electron chi connectivity index (χ0n) is 12.6. The van der Waals surface area contributed by atoms with E-state index >= 15 is 0 Å². The lowest BCUT2D eigenvalue weighted by atomic mass is 9.84. The van der Waals surface area contributed by atoms with Gasteiger partial charge < -0.3 is 4.57 Å². The monoisotopic (exact) mass is 308 g/mol. The smallest absolute Gasteiger partial charge is 0.151 e. The molecule has 1 heterocycles. The van der Waals surface area contributed by atoms with Gasteiger partial charge in [0.1, 0.15) is 11.3 Å². The summed E-state index contributed by atoms with van der Waals surface area (Å²) in [6.07, 6.45) is 6.01. The summed E-state index contributed by atoms with van der Waals surface area (Å²) in [6.45, 7) is 4.17. The van der Waals surface area contributed by atoms with Crippen LogP contribution in [0.5, 0.6) is 0 Å². The molecule has 0 radical (unpaired) electrons. The van der Waals surface area contributed by atoms with Crippen LogP contribution in [0.25, 0.3) is 11.0 Å². The van der Waals surface area contributed by atoms with Crippen LogP contribution in [-0.2, 0) is 0 Å². The lowest BCUT2D eigenvalue weighted by molar-refractivity contribution is 0.269. The molecule has 1 aromatic carbocycles. The van der Waals surface area contributed by atoms with Gasteiger partial charge in [-0.25, -0.2) is 9.37 Å². The van der Waals surface area contributed by atoms with Gasteiger partial charge in [0, 0.05) is 6.04 Å². The molecular weight excluding hydrogens is 287 g/mol. The summed E-state index contributed by atoms with van der Waals surface area (Å²) < 4.78 is 16.2. The van der Waals surface area contributed by atoms with Crippen LogP contribution in [0.2, 0.25) is 0 Å². The lowest BCUT2D eigenvalue weighted by Gasteiger charge is -2.30. The first-order chi connectivity index (χ1) is 10.1. The van der Waals surface area contributed by atoms with E-state index in [2.05, 4.69) is 16.5 Å². The van der Waals surface area contributed by atoms with Crippen LogP contribution in [-0.4, -0.2) is 9.55 Å². The fraction of sp³-hybridized carbons (Fsp3) is 0.588. The average molecular weight is 309 g/mol. The number of rotatable bonds is 3. The number of halogens is 2. The van der Waals surface area contributed by atoms with Gasteiger partial charge in [-0.15, -0.1) is 11.6 Å². The van der Waals surface area contributed by atoms with Crippen LogP contribution >= 0.6 is 11.6 Å². The lowest BCUT2D eigenvalue weighted by Crippen LogP contribution is -2.19. The quantitative estimate of drug-likeness (QED) is 0.673. The standard InChI is InChI=1S/C17H22ClFN2/c1-3-12-7-9-13(10-8-12)21-15-6-4-5-14(19)16(15)20-17(21)11(2)18/h4-6,11-13H,3,7-10H2,1-2H3. The van der Waals surface area contributed by atoms with Crippen molar-refractivity contribution in [3.63, 3.8) is 0 Å². The molecule has 1 unspecified atom stereocenters. The molecule has 1 aliphatic carbocycles. The van der Waals surface area contributed by atoms with Crippen molar-refractivity contribution in [3.8, 4) is 0 Å². The summed E-state index contributed by atoms with van der Waals surface area (Å²) in [5, 5.41) is -0.208. The van der Waals surface area contributed by atoms with E-state index in [0.717, 1.165) is 30.1 Å². The van der Waals surface area contributed by atoms with E-state index in [1.165, 1.54) is 25.3 Å². The van der Waals surface area contributed by atoms with E-state index < -0.39 is 0 Å². The molecule has 1 fully saturated rings. The minimum atomic E-state index is -0.257. The highest BCUT2D eigenvalue weighted by Crippen LogP contribution is 2.38. The zero-order valence-corrected chi connectivity index (χ0v) is 13.4. The third-order valence-electron chi connectivity index (χ3n) is 4.81. The molecule has 0 N–H and O–H groups in total. The Kier molecular flexibility index (Phi) is 4.21. The van der Waals surface area contributed by atoms with Gasteiger partial charge >= 0.3 is 0 Å². The molecule has 0 spiro atoms. The van der Waals surface area contributed by atoms with Crippen LogP contribution in [0.1, 0.15) is 63.2 Å². The Labute approximate surface area is 130 Å². The molecule has 3 rings (SSSR count). The van der Waals surface area contributed by atoms with Crippen LogP contribution in [0.3, 0.4) is 0 Å². The molecule has 1 saturated carbocycles. The Morgan fingerprint density at radius 1 is 1.33 bits per heavy atom. The van der Waals surface area contributed by atoms with Crippen molar-refractivity contribution < 1.29 is 4.39 Å². The summed E-state index contributed by atoms with van der Waals surface area (Å²) >= 11 is 6.30. The fourth-order valence-corrected chi connectivity index (χ4v) is 3.73. The second kappa shape index (κ2) is 5.96. The third-order valence-corrected chi connectivity index (χ3v) is 5.01. The molecule has 1 aromatic heterocycles. The largest absolute Gasteiger partial charge is 0.324 e. The second-order valence-corrected chi connectivity index (χ2v) is 6.80. The van der Waals surface area contributed by atoms with Gasteiger partial charge in [0.2, 0.25) is 0 Å². The van der Waals surface area contributed by atoms with Crippen LogP contribution in [0.4, 0.5) is 4.39 Å². The number of alkyl halides is 1. The van der Waals surface area contributed by atoms with Crippen molar-refractivity contribution in [2.75, 3.05) is 0 Å². The maximum Gasteiger partial charge on any atom is 0.151 e. The zero-order chi connectivity index (χ0) is 15.0. The number of benzene rings is 1. The first kappa shape index (κ1) is 14.8. The number of hydrogen-bond acceptors (Lipinski definition) is 1. The summed E-state index contributed by atoms with van der Waals surface area (Å²) in [7, 11) is 0. The van der Waals surface area contributed by atoms with Gasteiger partial charge in [0.25, 0.3) is 0 Å². The normalized spacial score (nSPS) is 24.4. The number of aromatic nitrogens is 2. The Balaban J connectivity index is 2.04. The van der Waals surface area contributed by atoms with Gasteiger partial charge in [-0.3, -0.25) is 0 Å². The van der Waals surface area contributed by atoms with Gasteiger partial charge in [-0.1, -0.05) is 19.4 Å². The number of hydrogen-bond donors (Lipinski definition) is 0. The van der Waals surface area contributed by atoms with Gasteiger partial charge in [-0.05, 0) is 50.7 Å². The highest BCUT2D eigenvalue weighted by molar-refractivity contribution is 6.20. The van der Waals surface area contributed by atoms with Crippen LogP contribution < -0.4 is 0 Å². The Bertz CT molecular complexity index is 627. The van der Waals surface area contributed by atoms with Crippen molar-refractivity contribution in [3.05, 3.63) is 29.8 Å². The van der Waals surface area contributed by atoms with Gasteiger partial charge in [0.15, 0.2) is 5.82 Å². The molecule has 114 valence electrons. The molecule has 1 atom stereocenters. The Hall–Kier alpha value is -1.09. The topological polar surface area (TPSA) is 17.8 Å². The molecule has 2 nitrogen and oxygen atoms in total. The maximum atomic E-state index is 14.0. The molecule has 2 aromatic rings. The number of fused-ring (bicyclic) bond motifs is 1. The number of imidazole rings is 1. The molecule has 0 bridgehead atoms. The molecule has 0 aliphatic heterocycles. The maximum absolute atomic E-state index is 14.0. The van der Waals surface area contributed by atoms with E-state index in [4.69, 9.17) is 11.6 Å². The highest BCUT2D eigenvalue weighted by atomic mass is 35.5. The summed E-state index contributed by atoms with van der Waals surface area (Å²) in [4.78, 5) is 4.48. The Morgan fingerprint density at radius 3 is 2.67 bits per heavy atom. The van der Waals surface area contributed by atoms with Crippen molar-refractivity contribution in [1.29, 1.82) is 0 Å². The molecule has 21 heavy (non-hydrogen) atoms. The van der Waals surface area contributed by atoms with E-state index in [9.17, 15) is 4.39 Å². The highest BCUT2D eigenvalue weighted by Gasteiger charge is 2.26. The SMILES string of the molecule is CCC1CCC(n2c(C(C)Cl)nc3c(F)cccc32)CC1. The van der Waals surface area contributed by atoms with E-state index in [0.29, 0.717) is 11.6 Å². The number of nitrogens with zero attached hydrogens (tertiary/aromatic N) is 2. The molecule has 0 saturated heterocycles. The van der Waals surface area contributed by atoms with E-state index in [1.807, 2.05) is 13.0 Å². The predicted molar refractivity (Wildman–Crippen MR) is 85.2 cm³/mol. The first-order valence-corrected chi connectivity index (χ1v) is 8.35. The van der Waals surface area contributed by atoms with Crippen LogP contribution in [0, 0.1) is 11.7 Å². The minimum absolute atomic E-state index is 0.208.